The lowest BCUT2D eigenvalue weighted by Crippen LogP contribution is -2.17. The van der Waals surface area contributed by atoms with Gasteiger partial charge in [0.2, 0.25) is 5.91 Å². The molecule has 9 nitrogen and oxygen atoms in total. The van der Waals surface area contributed by atoms with Gasteiger partial charge in [-0.2, -0.15) is 0 Å². The van der Waals surface area contributed by atoms with Gasteiger partial charge in [0.1, 0.15) is 12.2 Å². The number of ether oxygens (including phenoxy) is 3. The van der Waals surface area contributed by atoms with Crippen LogP contribution in [0.4, 0.5) is 11.4 Å². The maximum Gasteiger partial charge on any atom is 0.315 e. The molecule has 1 rings (SSSR count). The molecular formula is C12H14N2O7. The third-order valence-corrected chi connectivity index (χ3v) is 2.50. The first kappa shape index (κ1) is 16.2. The van der Waals surface area contributed by atoms with Crippen molar-refractivity contribution in [2.24, 2.45) is 0 Å². The van der Waals surface area contributed by atoms with Gasteiger partial charge in [0.25, 0.3) is 0 Å². The Labute approximate surface area is 119 Å². The molecule has 1 N–H and O–H groups in total. The van der Waals surface area contributed by atoms with Crippen molar-refractivity contribution < 1.29 is 28.7 Å². The molecule has 0 fully saturated rings. The molecule has 0 saturated heterocycles. The van der Waals surface area contributed by atoms with Gasteiger partial charge in [0, 0.05) is 6.07 Å². The number of carbonyl (C=O) groups excluding carboxylic acids is 2. The maximum absolute atomic E-state index is 11.6. The highest BCUT2D eigenvalue weighted by Crippen LogP contribution is 2.37. The van der Waals surface area contributed by atoms with Gasteiger partial charge >= 0.3 is 11.7 Å². The smallest absolute Gasteiger partial charge is 0.315 e. The summed E-state index contributed by atoms with van der Waals surface area (Å²) in [5.41, 5.74) is -0.158. The van der Waals surface area contributed by atoms with Crippen molar-refractivity contribution >= 4 is 23.3 Å². The number of carbonyl (C=O) groups is 2. The van der Waals surface area contributed by atoms with Crippen LogP contribution in [0, 0.1) is 10.1 Å². The van der Waals surface area contributed by atoms with E-state index in [0.29, 0.717) is 0 Å². The Morgan fingerprint density at radius 2 is 1.81 bits per heavy atom. The maximum atomic E-state index is 11.6. The summed E-state index contributed by atoms with van der Waals surface area (Å²) >= 11 is 0. The van der Waals surface area contributed by atoms with Gasteiger partial charge in [0.05, 0.1) is 38.0 Å². The highest BCUT2D eigenvalue weighted by molar-refractivity contribution is 6.02. The van der Waals surface area contributed by atoms with Gasteiger partial charge in [-0.3, -0.25) is 19.7 Å². The molecule has 0 saturated carbocycles. The lowest BCUT2D eigenvalue weighted by Gasteiger charge is -2.11. The molecule has 21 heavy (non-hydrogen) atoms. The standard InChI is InChI=1S/C12H14N2O7/c1-19-9-5-8(14(17)18)10(20-2)4-7(9)13-11(15)6-12(16)21-3/h4-5H,6H2,1-3H3,(H,13,15). The van der Waals surface area contributed by atoms with Crippen LogP contribution in [0.25, 0.3) is 0 Å². The zero-order chi connectivity index (χ0) is 16.0. The number of hydrogen-bond donors (Lipinski definition) is 1. The Morgan fingerprint density at radius 3 is 2.29 bits per heavy atom. The predicted octanol–water partition coefficient (Wildman–Crippen LogP) is 1.11. The summed E-state index contributed by atoms with van der Waals surface area (Å²) in [7, 11) is 3.71. The second kappa shape index (κ2) is 7.08. The van der Waals surface area contributed by atoms with Gasteiger partial charge < -0.3 is 19.5 Å². The van der Waals surface area contributed by atoms with Crippen LogP contribution in [-0.4, -0.2) is 38.1 Å². The molecule has 0 aromatic heterocycles. The first-order chi connectivity index (χ1) is 9.92. The fourth-order valence-electron chi connectivity index (χ4n) is 1.52. The molecule has 0 spiro atoms. The molecule has 0 bridgehead atoms. The molecule has 1 amide bonds. The molecular weight excluding hydrogens is 284 g/mol. The van der Waals surface area contributed by atoms with Crippen LogP contribution in [0.15, 0.2) is 12.1 Å². The minimum atomic E-state index is -0.708. The van der Waals surface area contributed by atoms with Crippen molar-refractivity contribution in [2.75, 3.05) is 26.6 Å². The van der Waals surface area contributed by atoms with Gasteiger partial charge in [-0.25, -0.2) is 0 Å². The molecule has 1 aromatic carbocycles. The van der Waals surface area contributed by atoms with Crippen LogP contribution >= 0.6 is 0 Å². The third-order valence-electron chi connectivity index (χ3n) is 2.50. The number of nitro groups is 1. The summed E-state index contributed by atoms with van der Waals surface area (Å²) in [5.74, 6) is -1.33. The summed E-state index contributed by atoms with van der Waals surface area (Å²) in [4.78, 5) is 32.9. The lowest BCUT2D eigenvalue weighted by molar-refractivity contribution is -0.385. The minimum absolute atomic E-state index is 0.0471. The van der Waals surface area contributed by atoms with Crippen LogP contribution in [0.2, 0.25) is 0 Å². The third kappa shape index (κ3) is 4.06. The number of rotatable bonds is 6. The summed E-state index contributed by atoms with van der Waals surface area (Å²) in [6.07, 6.45) is -0.487. The quantitative estimate of drug-likeness (QED) is 0.362. The number of esters is 1. The molecule has 1 aromatic rings. The first-order valence-electron chi connectivity index (χ1n) is 5.70. The number of hydrogen-bond acceptors (Lipinski definition) is 7. The van der Waals surface area contributed by atoms with Crippen molar-refractivity contribution in [3.63, 3.8) is 0 Å². The van der Waals surface area contributed by atoms with Crippen molar-refractivity contribution in [3.8, 4) is 11.5 Å². The summed E-state index contributed by atoms with van der Waals surface area (Å²) in [6.45, 7) is 0. The van der Waals surface area contributed by atoms with E-state index in [2.05, 4.69) is 10.1 Å². The molecule has 0 radical (unpaired) electrons. The van der Waals surface area contributed by atoms with Gasteiger partial charge in [-0.15, -0.1) is 0 Å². The Bertz CT molecular complexity index is 571. The van der Waals surface area contributed by atoms with E-state index in [4.69, 9.17) is 9.47 Å². The predicted molar refractivity (Wildman–Crippen MR) is 71.5 cm³/mol. The molecule has 0 aliphatic heterocycles. The van der Waals surface area contributed by atoms with E-state index >= 15 is 0 Å². The van der Waals surface area contributed by atoms with Crippen LogP contribution in [0.1, 0.15) is 6.42 Å². The van der Waals surface area contributed by atoms with Gasteiger partial charge in [-0.1, -0.05) is 0 Å². The van der Waals surface area contributed by atoms with Crippen molar-refractivity contribution in [1.29, 1.82) is 0 Å². The monoisotopic (exact) mass is 298 g/mol. The van der Waals surface area contributed by atoms with E-state index in [9.17, 15) is 19.7 Å². The minimum Gasteiger partial charge on any atom is -0.494 e. The molecule has 0 unspecified atom stereocenters. The zero-order valence-corrected chi connectivity index (χ0v) is 11.7. The lowest BCUT2D eigenvalue weighted by atomic mass is 10.2. The number of nitrogens with zero attached hydrogens (tertiary/aromatic N) is 1. The SMILES string of the molecule is COC(=O)CC(=O)Nc1cc(OC)c([N+](=O)[O-])cc1OC. The Balaban J connectivity index is 3.09. The van der Waals surface area contributed by atoms with Crippen LogP contribution in [0.3, 0.4) is 0 Å². The fraction of sp³-hybridized carbons (Fsp3) is 0.333. The van der Waals surface area contributed by atoms with E-state index in [1.165, 1.54) is 20.3 Å². The van der Waals surface area contributed by atoms with E-state index in [-0.39, 0.29) is 22.9 Å². The molecule has 0 heterocycles. The zero-order valence-electron chi connectivity index (χ0n) is 11.7. The number of benzene rings is 1. The van der Waals surface area contributed by atoms with Crippen LogP contribution < -0.4 is 14.8 Å². The summed E-state index contributed by atoms with van der Waals surface area (Å²) < 4.78 is 14.2. The number of nitrogens with one attached hydrogen (secondary N) is 1. The molecule has 0 aliphatic carbocycles. The second-order valence-corrected chi connectivity index (χ2v) is 3.78. The number of methoxy groups -OCH3 is 3. The topological polar surface area (TPSA) is 117 Å². The largest absolute Gasteiger partial charge is 0.494 e. The summed E-state index contributed by atoms with van der Waals surface area (Å²) in [6, 6.07) is 2.36. The number of anilines is 1. The van der Waals surface area contributed by atoms with E-state index in [0.717, 1.165) is 13.2 Å². The van der Waals surface area contributed by atoms with Crippen LogP contribution in [0.5, 0.6) is 11.5 Å². The molecule has 0 aliphatic rings. The van der Waals surface area contributed by atoms with Crippen molar-refractivity contribution in [1.82, 2.24) is 0 Å². The molecule has 114 valence electrons. The molecule has 0 atom stereocenters. The Hall–Kier alpha value is -2.84. The second-order valence-electron chi connectivity index (χ2n) is 3.78. The number of amides is 1. The highest BCUT2D eigenvalue weighted by atomic mass is 16.6. The van der Waals surface area contributed by atoms with Crippen LogP contribution in [-0.2, 0) is 14.3 Å². The highest BCUT2D eigenvalue weighted by Gasteiger charge is 2.21. The van der Waals surface area contributed by atoms with E-state index in [1.54, 1.807) is 0 Å². The van der Waals surface area contributed by atoms with E-state index in [1.807, 2.05) is 0 Å². The normalized spacial score (nSPS) is 9.67. The van der Waals surface area contributed by atoms with Gasteiger partial charge in [-0.05, 0) is 0 Å². The number of nitro benzene ring substituents is 1. The Kier molecular flexibility index (Phi) is 5.47. The fourth-order valence-corrected chi connectivity index (χ4v) is 1.52. The van der Waals surface area contributed by atoms with E-state index < -0.39 is 23.2 Å². The first-order valence-corrected chi connectivity index (χ1v) is 5.70. The van der Waals surface area contributed by atoms with Crippen molar-refractivity contribution in [2.45, 2.75) is 6.42 Å². The Morgan fingerprint density at radius 1 is 1.19 bits per heavy atom. The average molecular weight is 298 g/mol. The average Bonchev–Trinajstić information content (AvgIpc) is 2.46. The summed E-state index contributed by atoms with van der Waals surface area (Å²) in [5, 5.41) is 13.3. The van der Waals surface area contributed by atoms with Crippen molar-refractivity contribution in [3.05, 3.63) is 22.2 Å². The van der Waals surface area contributed by atoms with Gasteiger partial charge in [0.15, 0.2) is 5.75 Å². The molecule has 9 heteroatoms.